The number of aromatic nitrogens is 2. The number of nitrogens with one attached hydrogen (secondary N) is 1. The second-order valence-electron chi connectivity index (χ2n) is 3.73. The molecule has 0 saturated heterocycles. The van der Waals surface area contributed by atoms with E-state index in [4.69, 9.17) is 5.73 Å². The quantitative estimate of drug-likeness (QED) is 0.862. The van der Waals surface area contributed by atoms with Crippen LogP contribution in [0.2, 0.25) is 0 Å². The van der Waals surface area contributed by atoms with Gasteiger partial charge in [0, 0.05) is 22.9 Å². The maximum absolute atomic E-state index is 11.8. The summed E-state index contributed by atoms with van der Waals surface area (Å²) in [4.78, 5) is 20.3. The first kappa shape index (κ1) is 19.3. The molecule has 2 aromatic heterocycles. The molecule has 0 saturated carbocycles. The number of carbonyl (C=O) groups is 1. The van der Waals surface area contributed by atoms with Crippen LogP contribution in [0.1, 0.15) is 26.2 Å². The Labute approximate surface area is 137 Å². The lowest BCUT2D eigenvalue weighted by molar-refractivity contribution is 0.0946. The van der Waals surface area contributed by atoms with E-state index in [2.05, 4.69) is 15.3 Å². The largest absolute Gasteiger partial charge is 0.344 e. The molecule has 2 heterocycles. The molecule has 5 nitrogen and oxygen atoms in total. The van der Waals surface area contributed by atoms with Crippen molar-refractivity contribution >= 4 is 53.4 Å². The van der Waals surface area contributed by atoms with Gasteiger partial charge in [-0.1, -0.05) is 0 Å². The molecule has 0 aromatic carbocycles. The predicted molar refractivity (Wildman–Crippen MR) is 87.4 cm³/mol. The van der Waals surface area contributed by atoms with Gasteiger partial charge in [-0.05, 0) is 13.5 Å². The standard InChI is InChI=1S/C11H14N4OS2.2ClH/c1-7-5-17-10(14-7)4-13-11(16)8-6-18-9(15-8)2-3-12;;/h5-6H,2-4,12H2,1H3,(H,13,16);2*1H. The van der Waals surface area contributed by atoms with Crippen molar-refractivity contribution in [3.63, 3.8) is 0 Å². The average molecular weight is 355 g/mol. The zero-order valence-corrected chi connectivity index (χ0v) is 14.1. The molecule has 9 heteroatoms. The van der Waals surface area contributed by atoms with Crippen molar-refractivity contribution in [3.05, 3.63) is 32.2 Å². The zero-order valence-electron chi connectivity index (χ0n) is 10.8. The normalized spacial score (nSPS) is 9.50. The maximum Gasteiger partial charge on any atom is 0.271 e. The van der Waals surface area contributed by atoms with E-state index in [0.29, 0.717) is 25.2 Å². The molecule has 0 aliphatic heterocycles. The monoisotopic (exact) mass is 354 g/mol. The first-order valence-electron chi connectivity index (χ1n) is 5.52. The van der Waals surface area contributed by atoms with Gasteiger partial charge in [0.1, 0.15) is 10.7 Å². The summed E-state index contributed by atoms with van der Waals surface area (Å²) in [6.45, 7) is 2.93. The van der Waals surface area contributed by atoms with Crippen molar-refractivity contribution in [2.75, 3.05) is 6.54 Å². The Hall–Kier alpha value is -0.730. The third-order valence-electron chi connectivity index (χ3n) is 2.21. The van der Waals surface area contributed by atoms with Crippen LogP contribution in [0.15, 0.2) is 10.8 Å². The lowest BCUT2D eigenvalue weighted by Crippen LogP contribution is -2.23. The Bertz CT molecular complexity index is 544. The summed E-state index contributed by atoms with van der Waals surface area (Å²) < 4.78 is 0. The molecule has 112 valence electrons. The summed E-state index contributed by atoms with van der Waals surface area (Å²) in [6.07, 6.45) is 0.712. The van der Waals surface area contributed by atoms with Gasteiger partial charge in [-0.15, -0.1) is 47.5 Å². The first-order valence-corrected chi connectivity index (χ1v) is 7.28. The molecule has 20 heavy (non-hydrogen) atoms. The fourth-order valence-electron chi connectivity index (χ4n) is 1.38. The van der Waals surface area contributed by atoms with Gasteiger partial charge in [-0.25, -0.2) is 9.97 Å². The molecule has 1 amide bonds. The second-order valence-corrected chi connectivity index (χ2v) is 5.62. The van der Waals surface area contributed by atoms with Crippen molar-refractivity contribution in [1.29, 1.82) is 0 Å². The van der Waals surface area contributed by atoms with Crippen molar-refractivity contribution < 1.29 is 4.79 Å². The van der Waals surface area contributed by atoms with E-state index in [1.54, 1.807) is 5.38 Å². The van der Waals surface area contributed by atoms with E-state index in [1.807, 2.05) is 12.3 Å². The molecule has 0 radical (unpaired) electrons. The molecule has 0 aliphatic rings. The lowest BCUT2D eigenvalue weighted by Gasteiger charge is -1.99. The SMILES string of the molecule is Cc1csc(CNC(=O)c2csc(CCN)n2)n1.Cl.Cl. The van der Waals surface area contributed by atoms with Crippen LogP contribution in [0.25, 0.3) is 0 Å². The molecule has 0 bridgehead atoms. The van der Waals surface area contributed by atoms with Crippen LogP contribution in [-0.2, 0) is 13.0 Å². The average Bonchev–Trinajstić information content (AvgIpc) is 2.96. The van der Waals surface area contributed by atoms with Gasteiger partial charge < -0.3 is 11.1 Å². The molecular weight excluding hydrogens is 339 g/mol. The van der Waals surface area contributed by atoms with Crippen LogP contribution >= 0.6 is 47.5 Å². The van der Waals surface area contributed by atoms with Crippen LogP contribution in [0.5, 0.6) is 0 Å². The summed E-state index contributed by atoms with van der Waals surface area (Å²) in [6, 6.07) is 0. The van der Waals surface area contributed by atoms with Gasteiger partial charge in [-0.2, -0.15) is 0 Å². The third kappa shape index (κ3) is 5.34. The van der Waals surface area contributed by atoms with Gasteiger partial charge in [-0.3, -0.25) is 4.79 Å². The summed E-state index contributed by atoms with van der Waals surface area (Å²) in [5.41, 5.74) is 6.87. The third-order valence-corrected chi connectivity index (χ3v) is 4.08. The van der Waals surface area contributed by atoms with E-state index < -0.39 is 0 Å². The van der Waals surface area contributed by atoms with Crippen LogP contribution in [0.4, 0.5) is 0 Å². The number of hydrogen-bond acceptors (Lipinski definition) is 6. The predicted octanol–water partition coefficient (Wildman–Crippen LogP) is 2.18. The lowest BCUT2D eigenvalue weighted by atomic mass is 10.4. The number of thiazole rings is 2. The molecule has 0 fully saturated rings. The summed E-state index contributed by atoms with van der Waals surface area (Å²) >= 11 is 3.00. The highest BCUT2D eigenvalue weighted by Gasteiger charge is 2.10. The first-order chi connectivity index (χ1) is 8.69. The van der Waals surface area contributed by atoms with Crippen molar-refractivity contribution in [1.82, 2.24) is 15.3 Å². The number of carbonyl (C=O) groups excluding carboxylic acids is 1. The number of hydrogen-bond donors (Lipinski definition) is 2. The molecule has 2 rings (SSSR count). The fourth-order valence-corrected chi connectivity index (χ4v) is 2.89. The van der Waals surface area contributed by atoms with Crippen LogP contribution in [-0.4, -0.2) is 22.4 Å². The maximum atomic E-state index is 11.8. The van der Waals surface area contributed by atoms with Gasteiger partial charge in [0.15, 0.2) is 0 Å². The number of nitrogens with two attached hydrogens (primary N) is 1. The van der Waals surface area contributed by atoms with Crippen LogP contribution in [0.3, 0.4) is 0 Å². The van der Waals surface area contributed by atoms with Crippen molar-refractivity contribution in [2.45, 2.75) is 19.9 Å². The highest BCUT2D eigenvalue weighted by Crippen LogP contribution is 2.11. The van der Waals surface area contributed by atoms with Crippen molar-refractivity contribution in [2.24, 2.45) is 5.73 Å². The van der Waals surface area contributed by atoms with Gasteiger partial charge in [0.25, 0.3) is 5.91 Å². The summed E-state index contributed by atoms with van der Waals surface area (Å²) in [5.74, 6) is -0.164. The van der Waals surface area contributed by atoms with Gasteiger partial charge in [0.05, 0.1) is 11.6 Å². The Kier molecular flexibility index (Phi) is 8.91. The minimum Gasteiger partial charge on any atom is -0.344 e. The molecule has 0 unspecified atom stereocenters. The Morgan fingerprint density at radius 3 is 2.55 bits per heavy atom. The minimum absolute atomic E-state index is 0. The highest BCUT2D eigenvalue weighted by atomic mass is 35.5. The zero-order chi connectivity index (χ0) is 13.0. The van der Waals surface area contributed by atoms with E-state index in [9.17, 15) is 4.79 Å². The Morgan fingerprint density at radius 1 is 1.25 bits per heavy atom. The van der Waals surface area contributed by atoms with Gasteiger partial charge >= 0.3 is 0 Å². The second kappa shape index (κ2) is 9.25. The molecule has 2 aromatic rings. The molecule has 3 N–H and O–H groups in total. The van der Waals surface area contributed by atoms with Crippen LogP contribution in [0, 0.1) is 6.92 Å². The van der Waals surface area contributed by atoms with E-state index in [-0.39, 0.29) is 30.7 Å². The van der Waals surface area contributed by atoms with Crippen LogP contribution < -0.4 is 11.1 Å². The number of aryl methyl sites for hydroxylation is 1. The van der Waals surface area contributed by atoms with E-state index >= 15 is 0 Å². The summed E-state index contributed by atoms with van der Waals surface area (Å²) in [5, 5.41) is 8.32. The number of amides is 1. The molecule has 0 spiro atoms. The molecule has 0 aliphatic carbocycles. The molecule has 0 atom stereocenters. The van der Waals surface area contributed by atoms with Gasteiger partial charge in [0.2, 0.25) is 0 Å². The summed E-state index contributed by atoms with van der Waals surface area (Å²) in [7, 11) is 0. The van der Waals surface area contributed by atoms with Crippen molar-refractivity contribution in [3.8, 4) is 0 Å². The highest BCUT2D eigenvalue weighted by molar-refractivity contribution is 7.10. The Balaban J connectivity index is 0.00000180. The Morgan fingerprint density at radius 2 is 1.95 bits per heavy atom. The number of halogens is 2. The smallest absolute Gasteiger partial charge is 0.271 e. The topological polar surface area (TPSA) is 80.9 Å². The number of rotatable bonds is 5. The fraction of sp³-hybridized carbons (Fsp3) is 0.364. The number of nitrogens with zero attached hydrogens (tertiary/aromatic N) is 2. The van der Waals surface area contributed by atoms with E-state index in [0.717, 1.165) is 15.7 Å². The minimum atomic E-state index is -0.164. The van der Waals surface area contributed by atoms with E-state index in [1.165, 1.54) is 22.7 Å². The molecular formula is C11H16Cl2N4OS2.